The Kier molecular flexibility index (Phi) is 5.20. The fourth-order valence-electron chi connectivity index (χ4n) is 3.60. The van der Waals surface area contributed by atoms with Crippen LogP contribution in [0.5, 0.6) is 0 Å². The van der Waals surface area contributed by atoms with Crippen molar-refractivity contribution in [2.75, 3.05) is 62.0 Å². The lowest BCUT2D eigenvalue weighted by molar-refractivity contribution is 0.0985. The summed E-state index contributed by atoms with van der Waals surface area (Å²) < 4.78 is 33.5. The second-order valence-electron chi connectivity index (χ2n) is 6.97. The number of rotatable bonds is 3. The highest BCUT2D eigenvalue weighted by molar-refractivity contribution is 14.1. The Bertz CT molecular complexity index is 941. The molecule has 4 heterocycles. The molecule has 2 fully saturated rings. The maximum atomic E-state index is 11.8. The molecule has 9 nitrogen and oxygen atoms in total. The first-order valence-electron chi connectivity index (χ1n) is 8.93. The Morgan fingerprint density at radius 3 is 2.63 bits per heavy atom. The highest BCUT2D eigenvalue weighted by Gasteiger charge is 2.27. The number of aromatic nitrogens is 3. The zero-order chi connectivity index (χ0) is 19.2. The first kappa shape index (κ1) is 19.2. The molecule has 2 aliphatic rings. The number of nitrogens with zero attached hydrogens (tertiary/aromatic N) is 6. The van der Waals surface area contributed by atoms with Crippen LogP contribution in [0.1, 0.15) is 6.92 Å². The van der Waals surface area contributed by atoms with Crippen LogP contribution in [0.4, 0.5) is 11.6 Å². The SMILES string of the molecule is CC1COCCN1c1cc(N2CCN(S(C)(=O)=O)CC2)n2ncc(I)c2n1. The van der Waals surface area contributed by atoms with E-state index in [0.29, 0.717) is 39.4 Å². The van der Waals surface area contributed by atoms with Crippen LogP contribution in [0.15, 0.2) is 12.3 Å². The van der Waals surface area contributed by atoms with E-state index in [4.69, 9.17) is 9.72 Å². The number of hydrogen-bond donors (Lipinski definition) is 0. The lowest BCUT2D eigenvalue weighted by Gasteiger charge is -2.37. The molecule has 4 rings (SSSR count). The second-order valence-corrected chi connectivity index (χ2v) is 10.1. The Labute approximate surface area is 172 Å². The molecular weight excluding hydrogens is 483 g/mol. The van der Waals surface area contributed by atoms with Crippen molar-refractivity contribution in [2.24, 2.45) is 0 Å². The van der Waals surface area contributed by atoms with E-state index in [0.717, 1.165) is 27.4 Å². The average Bonchev–Trinajstić information content (AvgIpc) is 3.02. The molecule has 0 N–H and O–H groups in total. The topological polar surface area (TPSA) is 83.3 Å². The molecule has 11 heteroatoms. The van der Waals surface area contributed by atoms with Gasteiger partial charge in [-0.3, -0.25) is 0 Å². The predicted molar refractivity (Wildman–Crippen MR) is 112 cm³/mol. The first-order valence-corrected chi connectivity index (χ1v) is 11.9. The Hall–Kier alpha value is -1.18. The Balaban J connectivity index is 1.70. The van der Waals surface area contributed by atoms with E-state index >= 15 is 0 Å². The monoisotopic (exact) mass is 506 g/mol. The summed E-state index contributed by atoms with van der Waals surface area (Å²) in [6, 6.07) is 2.32. The summed E-state index contributed by atoms with van der Waals surface area (Å²) in [4.78, 5) is 9.30. The molecule has 148 valence electrons. The maximum absolute atomic E-state index is 11.8. The van der Waals surface area contributed by atoms with Crippen molar-refractivity contribution in [1.82, 2.24) is 18.9 Å². The minimum absolute atomic E-state index is 0.254. The van der Waals surface area contributed by atoms with E-state index in [9.17, 15) is 8.42 Å². The third kappa shape index (κ3) is 3.74. The van der Waals surface area contributed by atoms with E-state index < -0.39 is 10.0 Å². The minimum atomic E-state index is -3.15. The molecule has 0 radical (unpaired) electrons. The van der Waals surface area contributed by atoms with Gasteiger partial charge in [0.25, 0.3) is 0 Å². The number of halogens is 1. The van der Waals surface area contributed by atoms with Crippen molar-refractivity contribution >= 4 is 49.9 Å². The Morgan fingerprint density at radius 2 is 1.96 bits per heavy atom. The number of piperazine rings is 1. The van der Waals surface area contributed by atoms with Crippen LogP contribution in [0.2, 0.25) is 0 Å². The number of morpholine rings is 1. The van der Waals surface area contributed by atoms with Gasteiger partial charge in [0.2, 0.25) is 10.0 Å². The van der Waals surface area contributed by atoms with Crippen LogP contribution < -0.4 is 9.80 Å². The minimum Gasteiger partial charge on any atom is -0.377 e. The molecule has 0 aliphatic carbocycles. The summed E-state index contributed by atoms with van der Waals surface area (Å²) in [5.74, 6) is 1.86. The van der Waals surface area contributed by atoms with E-state index in [1.807, 2.05) is 10.7 Å². The summed E-state index contributed by atoms with van der Waals surface area (Å²) in [7, 11) is -3.15. The van der Waals surface area contributed by atoms with Crippen molar-refractivity contribution in [2.45, 2.75) is 13.0 Å². The lowest BCUT2D eigenvalue weighted by Crippen LogP contribution is -2.49. The number of sulfonamides is 1. The molecule has 0 saturated carbocycles. The van der Waals surface area contributed by atoms with Gasteiger partial charge < -0.3 is 14.5 Å². The van der Waals surface area contributed by atoms with Crippen LogP contribution >= 0.6 is 22.6 Å². The Morgan fingerprint density at radius 1 is 1.22 bits per heavy atom. The molecule has 27 heavy (non-hydrogen) atoms. The molecule has 0 bridgehead atoms. The quantitative estimate of drug-likeness (QED) is 0.566. The van der Waals surface area contributed by atoms with Gasteiger partial charge in [-0.25, -0.2) is 13.4 Å². The van der Waals surface area contributed by atoms with Gasteiger partial charge in [-0.05, 0) is 29.5 Å². The highest BCUT2D eigenvalue weighted by atomic mass is 127. The molecule has 0 amide bonds. The zero-order valence-corrected chi connectivity index (χ0v) is 18.4. The molecule has 0 aromatic carbocycles. The summed E-state index contributed by atoms with van der Waals surface area (Å²) >= 11 is 2.25. The lowest BCUT2D eigenvalue weighted by atomic mass is 10.2. The van der Waals surface area contributed by atoms with Crippen molar-refractivity contribution in [3.05, 3.63) is 15.8 Å². The van der Waals surface area contributed by atoms with Crippen LogP contribution in [-0.2, 0) is 14.8 Å². The summed E-state index contributed by atoms with van der Waals surface area (Å²) in [5.41, 5.74) is 0.826. The van der Waals surface area contributed by atoms with Crippen LogP contribution in [0.3, 0.4) is 0 Å². The molecule has 2 aromatic heterocycles. The summed E-state index contributed by atoms with van der Waals surface area (Å²) in [5, 5.41) is 4.50. The second kappa shape index (κ2) is 7.33. The standard InChI is InChI=1S/C16H23IN6O3S/c1-12-11-26-8-7-22(12)14-9-15(23-16(19-14)13(17)10-18-23)20-3-5-21(6-4-20)27(2,24)25/h9-10,12H,3-8,11H2,1-2H3. The van der Waals surface area contributed by atoms with Crippen molar-refractivity contribution in [3.63, 3.8) is 0 Å². The maximum Gasteiger partial charge on any atom is 0.211 e. The van der Waals surface area contributed by atoms with E-state index in [1.165, 1.54) is 10.6 Å². The molecule has 1 atom stereocenters. The van der Waals surface area contributed by atoms with Gasteiger partial charge in [-0.2, -0.15) is 13.9 Å². The van der Waals surface area contributed by atoms with E-state index in [2.05, 4.69) is 50.5 Å². The van der Waals surface area contributed by atoms with Crippen LogP contribution in [0.25, 0.3) is 5.65 Å². The molecule has 0 spiro atoms. The van der Waals surface area contributed by atoms with Gasteiger partial charge in [0.1, 0.15) is 11.6 Å². The predicted octanol–water partition coefficient (Wildman–Crippen LogP) is 0.641. The summed E-state index contributed by atoms with van der Waals surface area (Å²) in [6.07, 6.45) is 3.08. The fraction of sp³-hybridized carbons (Fsp3) is 0.625. The number of fused-ring (bicyclic) bond motifs is 1. The molecule has 2 aromatic rings. The molecule has 1 unspecified atom stereocenters. The average molecular weight is 506 g/mol. The van der Waals surface area contributed by atoms with Gasteiger partial charge >= 0.3 is 0 Å². The van der Waals surface area contributed by atoms with Gasteiger partial charge in [-0.15, -0.1) is 0 Å². The summed E-state index contributed by atoms with van der Waals surface area (Å²) in [6.45, 7) is 6.52. The van der Waals surface area contributed by atoms with Crippen molar-refractivity contribution < 1.29 is 13.2 Å². The molecule has 2 saturated heterocycles. The zero-order valence-electron chi connectivity index (χ0n) is 15.4. The normalized spacial score (nSPS) is 22.6. The largest absolute Gasteiger partial charge is 0.377 e. The number of anilines is 2. The molecule has 2 aliphatic heterocycles. The van der Waals surface area contributed by atoms with Gasteiger partial charge in [0.05, 0.1) is 35.3 Å². The first-order chi connectivity index (χ1) is 12.8. The smallest absolute Gasteiger partial charge is 0.211 e. The number of ether oxygens (including phenoxy) is 1. The van der Waals surface area contributed by atoms with E-state index in [1.54, 1.807) is 0 Å². The van der Waals surface area contributed by atoms with E-state index in [-0.39, 0.29) is 6.04 Å². The van der Waals surface area contributed by atoms with Crippen molar-refractivity contribution in [3.8, 4) is 0 Å². The van der Waals surface area contributed by atoms with Crippen LogP contribution in [0, 0.1) is 3.57 Å². The van der Waals surface area contributed by atoms with Crippen molar-refractivity contribution in [1.29, 1.82) is 0 Å². The fourth-order valence-corrected chi connectivity index (χ4v) is 4.90. The third-order valence-corrected chi connectivity index (χ3v) is 7.15. The van der Waals surface area contributed by atoms with Gasteiger partial charge in [0.15, 0.2) is 5.65 Å². The van der Waals surface area contributed by atoms with Gasteiger partial charge in [0, 0.05) is 38.8 Å². The number of hydrogen-bond acceptors (Lipinski definition) is 7. The van der Waals surface area contributed by atoms with Gasteiger partial charge in [-0.1, -0.05) is 0 Å². The highest BCUT2D eigenvalue weighted by Crippen LogP contribution is 2.27. The molecular formula is C16H23IN6O3S. The van der Waals surface area contributed by atoms with Crippen LogP contribution in [-0.4, -0.2) is 85.6 Å². The third-order valence-electron chi connectivity index (χ3n) is 5.09.